The molecule has 1 aliphatic carbocycles. The third-order valence-corrected chi connectivity index (χ3v) is 3.48. The summed E-state index contributed by atoms with van der Waals surface area (Å²) >= 11 is 0. The minimum absolute atomic E-state index is 0.0990. The van der Waals surface area contributed by atoms with Gasteiger partial charge in [0.2, 0.25) is 0 Å². The van der Waals surface area contributed by atoms with Gasteiger partial charge in [-0.3, -0.25) is 0 Å². The molecular weight excluding hydrogens is 122 g/mol. The van der Waals surface area contributed by atoms with Gasteiger partial charge in [0.1, 0.15) is 0 Å². The number of nitrogens with two attached hydrogens (primary N) is 1. The summed E-state index contributed by atoms with van der Waals surface area (Å²) < 4.78 is 0. The van der Waals surface area contributed by atoms with E-state index in [1.54, 1.807) is 0 Å². The third-order valence-electron chi connectivity index (χ3n) is 3.48. The van der Waals surface area contributed by atoms with E-state index in [4.69, 9.17) is 5.73 Å². The molecule has 0 aliphatic heterocycles. The van der Waals surface area contributed by atoms with Gasteiger partial charge in [0.25, 0.3) is 0 Å². The summed E-state index contributed by atoms with van der Waals surface area (Å²) in [6.07, 6.45) is 5.07. The predicted octanol–water partition coefficient (Wildman–Crippen LogP) is 2.30. The summed E-state index contributed by atoms with van der Waals surface area (Å²) in [6.45, 7) is 6.65. The van der Waals surface area contributed by atoms with Crippen LogP contribution in [0.25, 0.3) is 0 Å². The molecule has 0 heterocycles. The molecule has 1 heteroatoms. The largest absolute Gasteiger partial charge is 0.325 e. The first kappa shape index (κ1) is 8.06. The Morgan fingerprint density at radius 3 is 2.00 bits per heavy atom. The topological polar surface area (TPSA) is 26.0 Å². The summed E-state index contributed by atoms with van der Waals surface area (Å²) in [5, 5.41) is 0. The van der Waals surface area contributed by atoms with Crippen LogP contribution in [0.5, 0.6) is 0 Å². The van der Waals surface area contributed by atoms with Crippen molar-refractivity contribution in [1.82, 2.24) is 0 Å². The molecule has 1 unspecified atom stereocenters. The highest BCUT2D eigenvalue weighted by Gasteiger charge is 2.52. The molecule has 1 atom stereocenters. The van der Waals surface area contributed by atoms with Crippen LogP contribution in [0.15, 0.2) is 0 Å². The monoisotopic (exact) mass is 141 g/mol. The molecule has 0 spiro atoms. The SMILES string of the molecule is CCC(C)(N)C1(CC)CC1. The predicted molar refractivity (Wildman–Crippen MR) is 44.8 cm³/mol. The molecule has 1 nitrogen and oxygen atoms in total. The van der Waals surface area contributed by atoms with E-state index in [0.717, 1.165) is 6.42 Å². The second-order valence-corrected chi connectivity index (χ2v) is 3.90. The van der Waals surface area contributed by atoms with Crippen LogP contribution in [-0.4, -0.2) is 5.54 Å². The normalized spacial score (nSPS) is 27.6. The summed E-state index contributed by atoms with van der Waals surface area (Å²) in [7, 11) is 0. The van der Waals surface area contributed by atoms with Crippen molar-refractivity contribution >= 4 is 0 Å². The molecule has 1 fully saturated rings. The molecule has 0 aromatic carbocycles. The Kier molecular flexibility index (Phi) is 1.80. The van der Waals surface area contributed by atoms with Crippen LogP contribution >= 0.6 is 0 Å². The molecule has 0 radical (unpaired) electrons. The zero-order chi connectivity index (χ0) is 7.83. The maximum atomic E-state index is 6.17. The summed E-state index contributed by atoms with van der Waals surface area (Å²) in [6, 6.07) is 0. The zero-order valence-corrected chi connectivity index (χ0v) is 7.41. The highest BCUT2D eigenvalue weighted by molar-refractivity contribution is 5.07. The quantitative estimate of drug-likeness (QED) is 0.641. The van der Waals surface area contributed by atoms with E-state index < -0.39 is 0 Å². The fraction of sp³-hybridized carbons (Fsp3) is 1.00. The molecule has 2 N–H and O–H groups in total. The number of hydrogen-bond donors (Lipinski definition) is 1. The lowest BCUT2D eigenvalue weighted by molar-refractivity contribution is 0.252. The highest BCUT2D eigenvalue weighted by Crippen LogP contribution is 2.56. The van der Waals surface area contributed by atoms with E-state index >= 15 is 0 Å². The van der Waals surface area contributed by atoms with Crippen molar-refractivity contribution in [3.8, 4) is 0 Å². The molecular formula is C9H19N. The van der Waals surface area contributed by atoms with Crippen LogP contribution in [0.1, 0.15) is 46.5 Å². The molecule has 0 aromatic rings. The Labute approximate surface area is 64.0 Å². The van der Waals surface area contributed by atoms with E-state index in [9.17, 15) is 0 Å². The van der Waals surface area contributed by atoms with Crippen molar-refractivity contribution in [3.05, 3.63) is 0 Å². The van der Waals surface area contributed by atoms with Gasteiger partial charge in [-0.25, -0.2) is 0 Å². The fourth-order valence-corrected chi connectivity index (χ4v) is 1.85. The Balaban J connectivity index is 2.62. The van der Waals surface area contributed by atoms with E-state index in [1.165, 1.54) is 19.3 Å². The Morgan fingerprint density at radius 1 is 1.40 bits per heavy atom. The van der Waals surface area contributed by atoms with Crippen molar-refractivity contribution < 1.29 is 0 Å². The standard InChI is InChI=1S/C9H19N/c1-4-8(3,10)9(5-2)6-7-9/h4-7,10H2,1-3H3. The van der Waals surface area contributed by atoms with Crippen LogP contribution in [0, 0.1) is 5.41 Å². The average molecular weight is 141 g/mol. The summed E-state index contributed by atoms with van der Waals surface area (Å²) in [5.74, 6) is 0. The lowest BCUT2D eigenvalue weighted by Gasteiger charge is -2.32. The maximum Gasteiger partial charge on any atom is 0.0180 e. The second kappa shape index (κ2) is 2.23. The van der Waals surface area contributed by atoms with Crippen LogP contribution < -0.4 is 5.73 Å². The van der Waals surface area contributed by atoms with E-state index in [0.29, 0.717) is 5.41 Å². The van der Waals surface area contributed by atoms with E-state index in [-0.39, 0.29) is 5.54 Å². The lowest BCUT2D eigenvalue weighted by Crippen LogP contribution is -2.44. The van der Waals surface area contributed by atoms with Crippen molar-refractivity contribution in [2.75, 3.05) is 0 Å². The fourth-order valence-electron chi connectivity index (χ4n) is 1.85. The van der Waals surface area contributed by atoms with Crippen LogP contribution in [0.3, 0.4) is 0 Å². The first-order valence-electron chi connectivity index (χ1n) is 4.37. The van der Waals surface area contributed by atoms with Gasteiger partial charge in [-0.1, -0.05) is 13.8 Å². The van der Waals surface area contributed by atoms with Crippen molar-refractivity contribution in [2.24, 2.45) is 11.1 Å². The number of hydrogen-bond acceptors (Lipinski definition) is 1. The molecule has 60 valence electrons. The molecule has 0 amide bonds. The third kappa shape index (κ3) is 0.968. The van der Waals surface area contributed by atoms with Crippen molar-refractivity contribution in [1.29, 1.82) is 0 Å². The second-order valence-electron chi connectivity index (χ2n) is 3.90. The lowest BCUT2D eigenvalue weighted by atomic mass is 9.79. The zero-order valence-electron chi connectivity index (χ0n) is 7.41. The molecule has 10 heavy (non-hydrogen) atoms. The van der Waals surface area contributed by atoms with E-state index in [2.05, 4.69) is 20.8 Å². The highest BCUT2D eigenvalue weighted by atomic mass is 14.8. The van der Waals surface area contributed by atoms with Gasteiger partial charge >= 0.3 is 0 Å². The first-order valence-corrected chi connectivity index (χ1v) is 4.37. The Bertz CT molecular complexity index is 119. The van der Waals surface area contributed by atoms with Crippen LogP contribution in [-0.2, 0) is 0 Å². The summed E-state index contributed by atoms with van der Waals surface area (Å²) in [4.78, 5) is 0. The van der Waals surface area contributed by atoms with Gasteiger partial charge in [0.15, 0.2) is 0 Å². The average Bonchev–Trinajstić information content (AvgIpc) is 2.67. The van der Waals surface area contributed by atoms with Crippen LogP contribution in [0.4, 0.5) is 0 Å². The van der Waals surface area contributed by atoms with E-state index in [1.807, 2.05) is 0 Å². The smallest absolute Gasteiger partial charge is 0.0180 e. The first-order chi connectivity index (χ1) is 4.58. The van der Waals surface area contributed by atoms with Crippen molar-refractivity contribution in [3.63, 3.8) is 0 Å². The van der Waals surface area contributed by atoms with Gasteiger partial charge in [0, 0.05) is 5.54 Å². The number of rotatable bonds is 3. The van der Waals surface area contributed by atoms with Gasteiger partial charge in [-0.05, 0) is 38.0 Å². The molecule has 0 saturated heterocycles. The molecule has 1 aliphatic rings. The van der Waals surface area contributed by atoms with Gasteiger partial charge in [-0.15, -0.1) is 0 Å². The Morgan fingerprint density at radius 2 is 1.90 bits per heavy atom. The molecule has 0 aromatic heterocycles. The maximum absolute atomic E-state index is 6.17. The van der Waals surface area contributed by atoms with Crippen molar-refractivity contribution in [2.45, 2.75) is 52.0 Å². The molecule has 0 bridgehead atoms. The summed E-state index contributed by atoms with van der Waals surface area (Å²) in [5.41, 5.74) is 6.78. The van der Waals surface area contributed by atoms with Gasteiger partial charge in [0.05, 0.1) is 0 Å². The minimum atomic E-state index is 0.0990. The van der Waals surface area contributed by atoms with Crippen LogP contribution in [0.2, 0.25) is 0 Å². The van der Waals surface area contributed by atoms with Gasteiger partial charge < -0.3 is 5.73 Å². The minimum Gasteiger partial charge on any atom is -0.325 e. The molecule has 1 rings (SSSR count). The molecule has 1 saturated carbocycles. The van der Waals surface area contributed by atoms with Gasteiger partial charge in [-0.2, -0.15) is 0 Å². The Hall–Kier alpha value is -0.0400.